The van der Waals surface area contributed by atoms with Gasteiger partial charge in [-0.2, -0.15) is 0 Å². The number of hydrogen-bond donors (Lipinski definition) is 2. The summed E-state index contributed by atoms with van der Waals surface area (Å²) in [6.07, 6.45) is 4.63. The van der Waals surface area contributed by atoms with Crippen molar-refractivity contribution in [2.75, 3.05) is 5.73 Å². The third-order valence-electron chi connectivity index (χ3n) is 3.83. The van der Waals surface area contributed by atoms with Crippen molar-refractivity contribution < 1.29 is 8.42 Å². The second kappa shape index (κ2) is 5.51. The summed E-state index contributed by atoms with van der Waals surface area (Å²) < 4.78 is 27.5. The molecule has 4 nitrogen and oxygen atoms in total. The standard InChI is InChI=1S/C14H22N2O2S/c1-10-7-13(15)9-14(8-10)19(17,18)16-11(2)12-5-3-4-6-12/h7-9,11-12,16H,3-6,15H2,1-2H3. The SMILES string of the molecule is Cc1cc(N)cc(S(=O)(=O)NC(C)C2CCCC2)c1. The number of nitrogens with two attached hydrogens (primary N) is 1. The van der Waals surface area contributed by atoms with E-state index in [1.807, 2.05) is 13.8 Å². The van der Waals surface area contributed by atoms with Crippen LogP contribution in [0, 0.1) is 12.8 Å². The Morgan fingerprint density at radius 2 is 1.89 bits per heavy atom. The van der Waals surface area contributed by atoms with Crippen LogP contribution in [0.1, 0.15) is 38.2 Å². The summed E-state index contributed by atoms with van der Waals surface area (Å²) in [6.45, 7) is 3.79. The van der Waals surface area contributed by atoms with E-state index in [-0.39, 0.29) is 10.9 Å². The molecule has 1 aliphatic carbocycles. The van der Waals surface area contributed by atoms with E-state index < -0.39 is 10.0 Å². The van der Waals surface area contributed by atoms with Crippen LogP contribution in [-0.2, 0) is 10.0 Å². The predicted molar refractivity (Wildman–Crippen MR) is 77.3 cm³/mol. The van der Waals surface area contributed by atoms with Gasteiger partial charge in [-0.3, -0.25) is 0 Å². The van der Waals surface area contributed by atoms with E-state index in [1.165, 1.54) is 18.9 Å². The lowest BCUT2D eigenvalue weighted by Gasteiger charge is -2.20. The summed E-state index contributed by atoms with van der Waals surface area (Å²) >= 11 is 0. The van der Waals surface area contributed by atoms with Gasteiger partial charge >= 0.3 is 0 Å². The fourth-order valence-corrected chi connectivity index (χ4v) is 4.25. The fraction of sp³-hybridized carbons (Fsp3) is 0.571. The van der Waals surface area contributed by atoms with E-state index >= 15 is 0 Å². The van der Waals surface area contributed by atoms with Gasteiger partial charge in [0.2, 0.25) is 10.0 Å². The summed E-state index contributed by atoms with van der Waals surface area (Å²) in [7, 11) is -3.47. The van der Waals surface area contributed by atoms with E-state index in [0.717, 1.165) is 18.4 Å². The van der Waals surface area contributed by atoms with Crippen molar-refractivity contribution in [1.29, 1.82) is 0 Å². The smallest absolute Gasteiger partial charge is 0.240 e. The molecule has 0 saturated heterocycles. The summed E-state index contributed by atoms with van der Waals surface area (Å²) in [6, 6.07) is 4.91. The molecule has 1 aromatic rings. The second-order valence-electron chi connectivity index (χ2n) is 5.53. The van der Waals surface area contributed by atoms with Crippen molar-refractivity contribution in [2.24, 2.45) is 5.92 Å². The monoisotopic (exact) mass is 282 g/mol. The lowest BCUT2D eigenvalue weighted by molar-refractivity contribution is 0.424. The molecule has 5 heteroatoms. The molecule has 0 bridgehead atoms. The summed E-state index contributed by atoms with van der Waals surface area (Å²) in [5.74, 6) is 0.455. The van der Waals surface area contributed by atoms with Crippen molar-refractivity contribution in [3.63, 3.8) is 0 Å². The third-order valence-corrected chi connectivity index (χ3v) is 5.37. The van der Waals surface area contributed by atoms with Gasteiger partial charge < -0.3 is 5.73 Å². The number of aryl methyl sites for hydroxylation is 1. The molecule has 0 spiro atoms. The van der Waals surface area contributed by atoms with Crippen LogP contribution in [0.2, 0.25) is 0 Å². The minimum atomic E-state index is -3.47. The topological polar surface area (TPSA) is 72.2 Å². The number of sulfonamides is 1. The normalized spacial score (nSPS) is 18.6. The molecule has 106 valence electrons. The van der Waals surface area contributed by atoms with Gasteiger partial charge in [0.05, 0.1) is 4.90 Å². The average molecular weight is 282 g/mol. The van der Waals surface area contributed by atoms with Gasteiger partial charge in [-0.05, 0) is 56.4 Å². The second-order valence-corrected chi connectivity index (χ2v) is 7.25. The Kier molecular flexibility index (Phi) is 4.16. The highest BCUT2D eigenvalue weighted by Crippen LogP contribution is 2.28. The molecule has 1 unspecified atom stereocenters. The van der Waals surface area contributed by atoms with E-state index in [2.05, 4.69) is 4.72 Å². The molecule has 1 aliphatic rings. The van der Waals surface area contributed by atoms with E-state index in [9.17, 15) is 8.42 Å². The molecular weight excluding hydrogens is 260 g/mol. The molecule has 0 aromatic heterocycles. The highest BCUT2D eigenvalue weighted by atomic mass is 32.2. The van der Waals surface area contributed by atoms with Gasteiger partial charge in [-0.15, -0.1) is 0 Å². The quantitative estimate of drug-likeness (QED) is 0.833. The molecule has 1 fully saturated rings. The third kappa shape index (κ3) is 3.48. The van der Waals surface area contributed by atoms with Crippen LogP contribution in [0.25, 0.3) is 0 Å². The maximum Gasteiger partial charge on any atom is 0.240 e. The number of nitrogen functional groups attached to an aromatic ring is 1. The minimum Gasteiger partial charge on any atom is -0.399 e. The predicted octanol–water partition coefficient (Wildman–Crippen LogP) is 2.43. The molecule has 1 atom stereocenters. The fourth-order valence-electron chi connectivity index (χ4n) is 2.80. The van der Waals surface area contributed by atoms with Gasteiger partial charge in [0, 0.05) is 11.7 Å². The van der Waals surface area contributed by atoms with Crippen LogP contribution < -0.4 is 10.5 Å². The Morgan fingerprint density at radius 1 is 1.26 bits per heavy atom. The van der Waals surface area contributed by atoms with Gasteiger partial charge in [0.25, 0.3) is 0 Å². The maximum atomic E-state index is 12.3. The highest BCUT2D eigenvalue weighted by Gasteiger charge is 2.26. The van der Waals surface area contributed by atoms with Crippen LogP contribution in [0.15, 0.2) is 23.1 Å². The van der Waals surface area contributed by atoms with Crippen LogP contribution >= 0.6 is 0 Å². The van der Waals surface area contributed by atoms with E-state index in [1.54, 1.807) is 12.1 Å². The number of benzene rings is 1. The Morgan fingerprint density at radius 3 is 2.47 bits per heavy atom. The summed E-state index contributed by atoms with van der Waals surface area (Å²) in [5.41, 5.74) is 7.05. The van der Waals surface area contributed by atoms with Gasteiger partial charge in [-0.1, -0.05) is 12.8 Å². The Hall–Kier alpha value is -1.07. The van der Waals surface area contributed by atoms with E-state index in [0.29, 0.717) is 11.6 Å². The zero-order valence-electron chi connectivity index (χ0n) is 11.5. The highest BCUT2D eigenvalue weighted by molar-refractivity contribution is 7.89. The Balaban J connectivity index is 2.17. The first-order valence-electron chi connectivity index (χ1n) is 6.78. The zero-order valence-corrected chi connectivity index (χ0v) is 12.3. The van der Waals surface area contributed by atoms with Crippen LogP contribution in [0.4, 0.5) is 5.69 Å². The van der Waals surface area contributed by atoms with Crippen molar-refractivity contribution in [3.05, 3.63) is 23.8 Å². The number of hydrogen-bond acceptors (Lipinski definition) is 3. The average Bonchev–Trinajstić information content (AvgIpc) is 2.80. The molecule has 0 amide bonds. The van der Waals surface area contributed by atoms with Crippen molar-refractivity contribution in [1.82, 2.24) is 4.72 Å². The van der Waals surface area contributed by atoms with E-state index in [4.69, 9.17) is 5.73 Å². The summed E-state index contributed by atoms with van der Waals surface area (Å²) in [4.78, 5) is 0.259. The molecule has 0 aliphatic heterocycles. The van der Waals surface area contributed by atoms with Gasteiger partial charge in [0.1, 0.15) is 0 Å². The largest absolute Gasteiger partial charge is 0.399 e. The Bertz CT molecular complexity index is 528. The number of anilines is 1. The summed E-state index contributed by atoms with van der Waals surface area (Å²) in [5, 5.41) is 0. The first-order valence-corrected chi connectivity index (χ1v) is 8.26. The molecule has 2 rings (SSSR count). The van der Waals surface area contributed by atoms with Gasteiger partial charge in [0.15, 0.2) is 0 Å². The Labute approximate surface area is 115 Å². The molecule has 1 aromatic carbocycles. The van der Waals surface area contributed by atoms with Crippen molar-refractivity contribution in [2.45, 2.75) is 50.5 Å². The first-order chi connectivity index (χ1) is 8.88. The molecule has 1 saturated carbocycles. The van der Waals surface area contributed by atoms with Crippen LogP contribution in [0.3, 0.4) is 0 Å². The van der Waals surface area contributed by atoms with Crippen molar-refractivity contribution >= 4 is 15.7 Å². The molecule has 0 radical (unpaired) electrons. The minimum absolute atomic E-state index is 0.0192. The van der Waals surface area contributed by atoms with Crippen LogP contribution in [0.5, 0.6) is 0 Å². The van der Waals surface area contributed by atoms with Gasteiger partial charge in [-0.25, -0.2) is 13.1 Å². The lowest BCUT2D eigenvalue weighted by Crippen LogP contribution is -2.37. The molecular formula is C14H22N2O2S. The maximum absolute atomic E-state index is 12.3. The molecule has 0 heterocycles. The lowest BCUT2D eigenvalue weighted by atomic mass is 10.0. The number of rotatable bonds is 4. The van der Waals surface area contributed by atoms with Crippen LogP contribution in [-0.4, -0.2) is 14.5 Å². The first kappa shape index (κ1) is 14.3. The number of nitrogens with one attached hydrogen (secondary N) is 1. The zero-order chi connectivity index (χ0) is 14.0. The van der Waals surface area contributed by atoms with Crippen molar-refractivity contribution in [3.8, 4) is 0 Å². The molecule has 3 N–H and O–H groups in total. The molecule has 19 heavy (non-hydrogen) atoms.